The molecule has 0 aliphatic rings. The van der Waals surface area contributed by atoms with Gasteiger partial charge in [0.05, 0.1) is 5.56 Å². The summed E-state index contributed by atoms with van der Waals surface area (Å²) in [6.45, 7) is 3.91. The van der Waals surface area contributed by atoms with Gasteiger partial charge in [0.25, 0.3) is 5.91 Å². The van der Waals surface area contributed by atoms with Gasteiger partial charge in [0.2, 0.25) is 0 Å². The maximum absolute atomic E-state index is 12.4. The number of phenols is 1. The normalized spacial score (nSPS) is 12.0. The van der Waals surface area contributed by atoms with Crippen LogP contribution in [0.15, 0.2) is 42.5 Å². The van der Waals surface area contributed by atoms with E-state index in [0.29, 0.717) is 0 Å². The van der Waals surface area contributed by atoms with Gasteiger partial charge in [-0.15, -0.1) is 0 Å². The molecule has 2 aromatic carbocycles. The maximum atomic E-state index is 12.4. The molecule has 1 unspecified atom stereocenters. The summed E-state index contributed by atoms with van der Waals surface area (Å²) >= 11 is 0. The van der Waals surface area contributed by atoms with Crippen molar-refractivity contribution in [3.63, 3.8) is 0 Å². The third-order valence-corrected chi connectivity index (χ3v) is 3.51. The molecule has 3 N–H and O–H groups in total. The van der Waals surface area contributed by atoms with Crippen molar-refractivity contribution in [1.82, 2.24) is 5.32 Å². The van der Waals surface area contributed by atoms with Crippen LogP contribution in [-0.4, -0.2) is 18.1 Å². The van der Waals surface area contributed by atoms with Crippen LogP contribution in [-0.2, 0) is 0 Å². The first-order valence-electron chi connectivity index (χ1n) is 6.90. The lowest BCUT2D eigenvalue weighted by atomic mass is 10.1. The lowest BCUT2D eigenvalue weighted by molar-refractivity contribution is 0.102. The Hall–Kier alpha value is -2.33. The fourth-order valence-electron chi connectivity index (χ4n) is 2.17. The van der Waals surface area contributed by atoms with Gasteiger partial charge in [-0.2, -0.15) is 0 Å². The minimum absolute atomic E-state index is 0.0164. The summed E-state index contributed by atoms with van der Waals surface area (Å²) in [5.74, 6) is -0.329. The molecule has 4 nitrogen and oxygen atoms in total. The van der Waals surface area contributed by atoms with Gasteiger partial charge in [-0.05, 0) is 44.7 Å². The van der Waals surface area contributed by atoms with E-state index in [1.807, 2.05) is 45.2 Å². The molecule has 0 saturated heterocycles. The Bertz CT molecular complexity index is 653. The average Bonchev–Trinajstić information content (AvgIpc) is 2.49. The standard InChI is InChI=1S/C17H20N2O2/c1-11-8-9-16(20)14(10-11)17(21)19-15-7-5-4-6-13(15)12(2)18-3/h4-10,12,18,20H,1-3H3,(H,19,21). The fourth-order valence-corrected chi connectivity index (χ4v) is 2.17. The van der Waals surface area contributed by atoms with Crippen LogP contribution in [0.25, 0.3) is 0 Å². The summed E-state index contributed by atoms with van der Waals surface area (Å²) < 4.78 is 0. The van der Waals surface area contributed by atoms with E-state index >= 15 is 0 Å². The van der Waals surface area contributed by atoms with Gasteiger partial charge in [0.15, 0.2) is 0 Å². The molecular formula is C17H20N2O2. The number of aromatic hydroxyl groups is 1. The van der Waals surface area contributed by atoms with Crippen LogP contribution in [0.1, 0.15) is 34.5 Å². The minimum Gasteiger partial charge on any atom is -0.507 e. The second kappa shape index (κ2) is 6.41. The Labute approximate surface area is 124 Å². The highest BCUT2D eigenvalue weighted by Crippen LogP contribution is 2.24. The number of para-hydroxylation sites is 1. The van der Waals surface area contributed by atoms with Crippen LogP contribution in [0.4, 0.5) is 5.69 Å². The van der Waals surface area contributed by atoms with Crippen molar-refractivity contribution in [3.05, 3.63) is 59.2 Å². The van der Waals surface area contributed by atoms with Crippen molar-refractivity contribution in [2.24, 2.45) is 0 Å². The number of carbonyl (C=O) groups excluding carboxylic acids is 1. The molecule has 0 saturated carbocycles. The second-order valence-electron chi connectivity index (χ2n) is 5.07. The van der Waals surface area contributed by atoms with Crippen LogP contribution in [0, 0.1) is 6.92 Å². The van der Waals surface area contributed by atoms with Crippen molar-refractivity contribution >= 4 is 11.6 Å². The summed E-state index contributed by atoms with van der Waals surface area (Å²) in [5.41, 5.74) is 2.95. The number of hydrogen-bond acceptors (Lipinski definition) is 3. The van der Waals surface area contributed by atoms with Gasteiger partial charge >= 0.3 is 0 Å². The highest BCUT2D eigenvalue weighted by atomic mass is 16.3. The van der Waals surface area contributed by atoms with Crippen LogP contribution < -0.4 is 10.6 Å². The van der Waals surface area contributed by atoms with Crippen molar-refractivity contribution in [2.75, 3.05) is 12.4 Å². The van der Waals surface area contributed by atoms with E-state index in [1.165, 1.54) is 6.07 Å². The third-order valence-electron chi connectivity index (χ3n) is 3.51. The summed E-state index contributed by atoms with van der Waals surface area (Å²) in [6.07, 6.45) is 0. The molecule has 0 heterocycles. The Morgan fingerprint density at radius 1 is 1.19 bits per heavy atom. The first kappa shape index (κ1) is 15.1. The SMILES string of the molecule is CNC(C)c1ccccc1NC(=O)c1cc(C)ccc1O. The monoisotopic (exact) mass is 284 g/mol. The quantitative estimate of drug-likeness (QED) is 0.807. The summed E-state index contributed by atoms with van der Waals surface area (Å²) in [5, 5.41) is 15.9. The zero-order valence-corrected chi connectivity index (χ0v) is 12.5. The van der Waals surface area contributed by atoms with Gasteiger partial charge in [0.1, 0.15) is 5.75 Å². The molecule has 0 aromatic heterocycles. The molecule has 1 atom stereocenters. The lowest BCUT2D eigenvalue weighted by Crippen LogP contribution is -2.18. The molecule has 110 valence electrons. The van der Waals surface area contributed by atoms with Crippen LogP contribution in [0.2, 0.25) is 0 Å². The fraction of sp³-hybridized carbons (Fsp3) is 0.235. The predicted octanol–water partition coefficient (Wildman–Crippen LogP) is 3.23. The van der Waals surface area contributed by atoms with Crippen LogP contribution >= 0.6 is 0 Å². The molecule has 1 amide bonds. The number of phenolic OH excluding ortho intramolecular Hbond substituents is 1. The molecule has 0 bridgehead atoms. The number of nitrogens with one attached hydrogen (secondary N) is 2. The largest absolute Gasteiger partial charge is 0.507 e. The van der Waals surface area contributed by atoms with Crippen molar-refractivity contribution in [3.8, 4) is 5.75 Å². The van der Waals surface area contributed by atoms with Gasteiger partial charge in [0, 0.05) is 11.7 Å². The Morgan fingerprint density at radius 2 is 1.90 bits per heavy atom. The van der Waals surface area contributed by atoms with Crippen LogP contribution in [0.3, 0.4) is 0 Å². The van der Waals surface area contributed by atoms with Crippen molar-refractivity contribution < 1.29 is 9.90 Å². The Kier molecular flexibility index (Phi) is 4.60. The molecule has 21 heavy (non-hydrogen) atoms. The number of rotatable bonds is 4. The summed E-state index contributed by atoms with van der Waals surface area (Å²) in [6, 6.07) is 12.7. The molecular weight excluding hydrogens is 264 g/mol. The molecule has 0 radical (unpaired) electrons. The van der Waals surface area contributed by atoms with Crippen molar-refractivity contribution in [1.29, 1.82) is 0 Å². The minimum atomic E-state index is -0.313. The van der Waals surface area contributed by atoms with Crippen molar-refractivity contribution in [2.45, 2.75) is 19.9 Å². The van der Waals surface area contributed by atoms with Gasteiger partial charge in [-0.3, -0.25) is 4.79 Å². The highest BCUT2D eigenvalue weighted by Gasteiger charge is 2.14. The zero-order valence-electron chi connectivity index (χ0n) is 12.5. The molecule has 0 fully saturated rings. The number of carbonyl (C=O) groups is 1. The van der Waals surface area contributed by atoms with E-state index < -0.39 is 0 Å². The van der Waals surface area contributed by atoms with Gasteiger partial charge in [-0.1, -0.05) is 29.8 Å². The number of hydrogen-bond donors (Lipinski definition) is 3. The zero-order chi connectivity index (χ0) is 15.4. The second-order valence-corrected chi connectivity index (χ2v) is 5.07. The van der Waals surface area contributed by atoms with E-state index in [4.69, 9.17) is 0 Å². The lowest BCUT2D eigenvalue weighted by Gasteiger charge is -2.16. The Balaban J connectivity index is 2.30. The number of anilines is 1. The van der Waals surface area contributed by atoms with E-state index in [1.54, 1.807) is 12.1 Å². The Morgan fingerprint density at radius 3 is 2.62 bits per heavy atom. The number of aryl methyl sites for hydroxylation is 1. The number of benzene rings is 2. The van der Waals surface area contributed by atoms with E-state index in [9.17, 15) is 9.90 Å². The molecule has 0 aliphatic heterocycles. The van der Waals surface area contributed by atoms with E-state index in [-0.39, 0.29) is 23.3 Å². The maximum Gasteiger partial charge on any atom is 0.259 e. The summed E-state index contributed by atoms with van der Waals surface area (Å²) in [4.78, 5) is 12.4. The van der Waals surface area contributed by atoms with Gasteiger partial charge in [-0.25, -0.2) is 0 Å². The van der Waals surface area contributed by atoms with E-state index in [0.717, 1.165) is 16.8 Å². The molecule has 0 spiro atoms. The predicted molar refractivity (Wildman–Crippen MR) is 84.7 cm³/mol. The van der Waals surface area contributed by atoms with E-state index in [2.05, 4.69) is 10.6 Å². The summed E-state index contributed by atoms with van der Waals surface area (Å²) in [7, 11) is 1.87. The molecule has 4 heteroatoms. The van der Waals surface area contributed by atoms with Crippen LogP contribution in [0.5, 0.6) is 5.75 Å². The highest BCUT2D eigenvalue weighted by molar-refractivity contribution is 6.06. The first-order chi connectivity index (χ1) is 10.0. The molecule has 2 aromatic rings. The smallest absolute Gasteiger partial charge is 0.259 e. The average molecular weight is 284 g/mol. The van der Waals surface area contributed by atoms with Gasteiger partial charge < -0.3 is 15.7 Å². The molecule has 0 aliphatic carbocycles. The first-order valence-corrected chi connectivity index (χ1v) is 6.90. The topological polar surface area (TPSA) is 61.4 Å². The number of amides is 1. The molecule has 2 rings (SSSR count). The third kappa shape index (κ3) is 3.41.